The fraction of sp³-hybridized carbons (Fsp3) is 0.400. The van der Waals surface area contributed by atoms with E-state index in [9.17, 15) is 24.5 Å². The lowest BCUT2D eigenvalue weighted by Gasteiger charge is -2.35. The number of amides is 3. The summed E-state index contributed by atoms with van der Waals surface area (Å²) in [6.45, 7) is 3.59. The number of carbonyl (C=O) groups is 3. The number of ether oxygens (including phenoxy) is 1. The summed E-state index contributed by atoms with van der Waals surface area (Å²) >= 11 is 0. The van der Waals surface area contributed by atoms with E-state index in [-0.39, 0.29) is 30.8 Å². The summed E-state index contributed by atoms with van der Waals surface area (Å²) in [5.74, 6) is 0. The Kier molecular flexibility index (Phi) is 5.88. The predicted octanol–water partition coefficient (Wildman–Crippen LogP) is 0.992. The van der Waals surface area contributed by atoms with Crippen LogP contribution >= 0.6 is 0 Å². The molecule has 0 bridgehead atoms. The molecule has 0 aromatic heterocycles. The van der Waals surface area contributed by atoms with Crippen molar-refractivity contribution >= 4 is 36.0 Å². The maximum Gasteiger partial charge on any atom is 0.409 e. The third kappa shape index (κ3) is 4.03. The van der Waals surface area contributed by atoms with E-state index >= 15 is 0 Å². The Labute approximate surface area is 143 Å². The monoisotopic (exact) mass is 350 g/mol. The second-order valence-electron chi connectivity index (χ2n) is 5.22. The van der Waals surface area contributed by atoms with Gasteiger partial charge in [-0.2, -0.15) is 0 Å². The first-order valence-corrected chi connectivity index (χ1v) is 7.65. The molecule has 0 radical (unpaired) electrons. The van der Waals surface area contributed by atoms with Gasteiger partial charge in [0.2, 0.25) is 12.8 Å². The number of imide groups is 1. The van der Waals surface area contributed by atoms with Crippen molar-refractivity contribution in [1.29, 1.82) is 0 Å². The number of hydrogen-bond donors (Lipinski definition) is 0. The van der Waals surface area contributed by atoms with Crippen molar-refractivity contribution in [1.82, 2.24) is 4.90 Å². The Morgan fingerprint density at radius 1 is 1.28 bits per heavy atom. The number of anilines is 2. The van der Waals surface area contributed by atoms with Gasteiger partial charge in [-0.3, -0.25) is 24.6 Å². The van der Waals surface area contributed by atoms with Gasteiger partial charge in [-0.1, -0.05) is 0 Å². The lowest BCUT2D eigenvalue weighted by Crippen LogP contribution is -2.49. The molecule has 0 atom stereocenters. The first-order valence-electron chi connectivity index (χ1n) is 7.65. The number of nitrogens with zero attached hydrogens (tertiary/aromatic N) is 4. The van der Waals surface area contributed by atoms with Crippen LogP contribution in [0.2, 0.25) is 0 Å². The molecular weight excluding hydrogens is 332 g/mol. The highest BCUT2D eigenvalue weighted by Gasteiger charge is 2.27. The van der Waals surface area contributed by atoms with Crippen molar-refractivity contribution in [2.75, 3.05) is 42.6 Å². The van der Waals surface area contributed by atoms with E-state index in [1.54, 1.807) is 16.7 Å². The fourth-order valence-electron chi connectivity index (χ4n) is 2.58. The Morgan fingerprint density at radius 2 is 1.92 bits per heavy atom. The number of nitro benzene ring substituents is 1. The average Bonchev–Trinajstić information content (AvgIpc) is 2.63. The smallest absolute Gasteiger partial charge is 0.409 e. The fourth-order valence-corrected chi connectivity index (χ4v) is 2.58. The van der Waals surface area contributed by atoms with Crippen molar-refractivity contribution in [2.24, 2.45) is 0 Å². The number of benzene rings is 1. The summed E-state index contributed by atoms with van der Waals surface area (Å²) in [6.07, 6.45) is 0.160. The van der Waals surface area contributed by atoms with E-state index in [0.29, 0.717) is 31.9 Å². The molecular formula is C15H18N4O6. The van der Waals surface area contributed by atoms with Gasteiger partial charge < -0.3 is 14.5 Å². The zero-order valence-corrected chi connectivity index (χ0v) is 13.7. The first kappa shape index (κ1) is 18.2. The molecule has 1 saturated heterocycles. The molecule has 0 saturated carbocycles. The van der Waals surface area contributed by atoms with Crippen LogP contribution in [0.5, 0.6) is 0 Å². The topological polar surface area (TPSA) is 113 Å². The SMILES string of the molecule is CCOC(=O)N1CCN(c2ccc(N(C=O)C=O)cc2[N+](=O)[O-])CC1. The van der Waals surface area contributed by atoms with Crippen molar-refractivity contribution in [3.8, 4) is 0 Å². The van der Waals surface area contributed by atoms with Gasteiger partial charge in [0.1, 0.15) is 5.69 Å². The molecule has 0 unspecified atom stereocenters. The number of piperazine rings is 1. The van der Waals surface area contributed by atoms with Crippen molar-refractivity contribution in [3.63, 3.8) is 0 Å². The van der Waals surface area contributed by atoms with Gasteiger partial charge in [0.15, 0.2) is 0 Å². The van der Waals surface area contributed by atoms with Gasteiger partial charge in [0.25, 0.3) is 5.69 Å². The molecule has 10 heteroatoms. The van der Waals surface area contributed by atoms with Gasteiger partial charge in [0.05, 0.1) is 17.2 Å². The first-order chi connectivity index (χ1) is 12.0. The normalized spacial score (nSPS) is 14.0. The molecule has 0 N–H and O–H groups in total. The zero-order chi connectivity index (χ0) is 18.4. The van der Waals surface area contributed by atoms with Crippen LogP contribution in [0.4, 0.5) is 21.9 Å². The highest BCUT2D eigenvalue weighted by Crippen LogP contribution is 2.32. The van der Waals surface area contributed by atoms with Crippen molar-refractivity contribution < 1.29 is 24.0 Å². The Balaban J connectivity index is 2.19. The average molecular weight is 350 g/mol. The quantitative estimate of drug-likeness (QED) is 0.427. The van der Waals surface area contributed by atoms with Gasteiger partial charge in [-0.25, -0.2) is 4.79 Å². The summed E-state index contributed by atoms with van der Waals surface area (Å²) in [6, 6.07) is 4.13. The zero-order valence-electron chi connectivity index (χ0n) is 13.7. The summed E-state index contributed by atoms with van der Waals surface area (Å²) in [7, 11) is 0. The maximum absolute atomic E-state index is 11.7. The number of carbonyl (C=O) groups excluding carboxylic acids is 3. The maximum atomic E-state index is 11.7. The lowest BCUT2D eigenvalue weighted by molar-refractivity contribution is -0.384. The van der Waals surface area contributed by atoms with Crippen LogP contribution in [0.15, 0.2) is 18.2 Å². The molecule has 1 fully saturated rings. The predicted molar refractivity (Wildman–Crippen MR) is 88.5 cm³/mol. The third-order valence-corrected chi connectivity index (χ3v) is 3.83. The van der Waals surface area contributed by atoms with E-state index in [4.69, 9.17) is 4.74 Å². The molecule has 0 aliphatic carbocycles. The molecule has 1 heterocycles. The minimum Gasteiger partial charge on any atom is -0.450 e. The molecule has 3 amide bonds. The largest absolute Gasteiger partial charge is 0.450 e. The minimum absolute atomic E-state index is 0.116. The van der Waals surface area contributed by atoms with Crippen LogP contribution in [0.1, 0.15) is 6.92 Å². The molecule has 1 aromatic rings. The Hall–Kier alpha value is -3.17. The highest BCUT2D eigenvalue weighted by molar-refractivity contribution is 5.96. The second-order valence-corrected chi connectivity index (χ2v) is 5.22. The molecule has 134 valence electrons. The summed E-state index contributed by atoms with van der Waals surface area (Å²) in [5.41, 5.74) is 0.274. The summed E-state index contributed by atoms with van der Waals surface area (Å²) in [5, 5.41) is 11.4. The highest BCUT2D eigenvalue weighted by atomic mass is 16.6. The molecule has 1 aliphatic heterocycles. The second kappa shape index (κ2) is 8.08. The van der Waals surface area contributed by atoms with Crippen LogP contribution in [-0.2, 0) is 14.3 Å². The van der Waals surface area contributed by atoms with Crippen molar-refractivity contribution in [2.45, 2.75) is 6.92 Å². The standard InChI is InChI=1S/C15H18N4O6/c1-2-25-15(22)17-7-5-16(6-8-17)13-4-3-12(18(10-20)11-21)9-14(13)19(23)24/h3-4,9-11H,2,5-8H2,1H3. The molecule has 2 rings (SSSR count). The van der Waals surface area contributed by atoms with Gasteiger partial charge in [0, 0.05) is 32.2 Å². The molecule has 25 heavy (non-hydrogen) atoms. The molecule has 1 aromatic carbocycles. The Morgan fingerprint density at radius 3 is 2.44 bits per heavy atom. The number of hydrogen-bond acceptors (Lipinski definition) is 7. The van der Waals surface area contributed by atoms with Crippen LogP contribution in [0.25, 0.3) is 0 Å². The van der Waals surface area contributed by atoms with Crippen LogP contribution in [-0.4, -0.2) is 61.5 Å². The summed E-state index contributed by atoms with van der Waals surface area (Å²) < 4.78 is 4.94. The van der Waals surface area contributed by atoms with E-state index < -0.39 is 11.0 Å². The minimum atomic E-state index is -0.565. The van der Waals surface area contributed by atoms with E-state index in [1.807, 2.05) is 0 Å². The third-order valence-electron chi connectivity index (χ3n) is 3.83. The number of nitro groups is 1. The Bertz CT molecular complexity index is 664. The van der Waals surface area contributed by atoms with Crippen LogP contribution in [0.3, 0.4) is 0 Å². The lowest BCUT2D eigenvalue weighted by atomic mass is 10.2. The van der Waals surface area contributed by atoms with Gasteiger partial charge in [-0.05, 0) is 19.1 Å². The van der Waals surface area contributed by atoms with Crippen molar-refractivity contribution in [3.05, 3.63) is 28.3 Å². The summed E-state index contributed by atoms with van der Waals surface area (Å²) in [4.78, 5) is 48.2. The van der Waals surface area contributed by atoms with E-state index in [0.717, 1.165) is 4.90 Å². The number of rotatable bonds is 6. The van der Waals surface area contributed by atoms with E-state index in [1.165, 1.54) is 18.2 Å². The van der Waals surface area contributed by atoms with Gasteiger partial charge >= 0.3 is 6.09 Å². The molecule has 10 nitrogen and oxygen atoms in total. The van der Waals surface area contributed by atoms with Gasteiger partial charge in [-0.15, -0.1) is 0 Å². The van der Waals surface area contributed by atoms with Crippen LogP contribution in [0, 0.1) is 10.1 Å². The van der Waals surface area contributed by atoms with Crippen LogP contribution < -0.4 is 9.80 Å². The molecule has 1 aliphatic rings. The molecule has 0 spiro atoms. The van der Waals surface area contributed by atoms with E-state index in [2.05, 4.69) is 0 Å².